The second kappa shape index (κ2) is 7.89. The van der Waals surface area contributed by atoms with E-state index in [2.05, 4.69) is 0 Å². The van der Waals surface area contributed by atoms with E-state index in [0.29, 0.717) is 0 Å². The quantitative estimate of drug-likeness (QED) is 0.487. The molecule has 0 aromatic heterocycles. The van der Waals surface area contributed by atoms with E-state index in [1.54, 1.807) is 58.9 Å². The minimum atomic E-state index is -3.95. The molecule has 0 amide bonds. The maximum absolute atomic E-state index is 13.6. The molecule has 0 radical (unpaired) electrons. The third kappa shape index (κ3) is 4.20. The molecule has 1 heterocycles. The first-order chi connectivity index (χ1) is 15.2. The van der Waals surface area contributed by atoms with Crippen LogP contribution < -0.4 is 0 Å². The number of sulfone groups is 1. The summed E-state index contributed by atoms with van der Waals surface area (Å²) in [6.45, 7) is 10.4. The topological polar surface area (TPSA) is 96.0 Å². The van der Waals surface area contributed by atoms with Crippen LogP contribution in [0.1, 0.15) is 46.6 Å². The third-order valence-electron chi connectivity index (χ3n) is 6.12. The molecule has 0 unspecified atom stereocenters. The lowest BCUT2D eigenvalue weighted by Gasteiger charge is -2.40. The third-order valence-corrected chi connectivity index (χ3v) is 8.05. The van der Waals surface area contributed by atoms with Crippen molar-refractivity contribution in [3.8, 4) is 0 Å². The van der Waals surface area contributed by atoms with Crippen molar-refractivity contribution in [2.75, 3.05) is 0 Å². The van der Waals surface area contributed by atoms with Crippen molar-refractivity contribution in [2.24, 2.45) is 11.3 Å². The van der Waals surface area contributed by atoms with Crippen molar-refractivity contribution in [3.63, 3.8) is 0 Å². The second-order valence-corrected chi connectivity index (χ2v) is 12.3. The molecule has 0 N–H and O–H groups in total. The van der Waals surface area contributed by atoms with E-state index < -0.39 is 57.0 Å². The summed E-state index contributed by atoms with van der Waals surface area (Å²) in [6.07, 6.45) is 0.748. The van der Waals surface area contributed by atoms with Crippen LogP contribution in [0.3, 0.4) is 0 Å². The number of allylic oxidation sites excluding steroid dienone is 2. The highest BCUT2D eigenvalue weighted by Gasteiger charge is 2.59. The maximum Gasteiger partial charge on any atom is 0.311 e. The summed E-state index contributed by atoms with van der Waals surface area (Å²) in [6, 6.07) is 6.52. The van der Waals surface area contributed by atoms with E-state index in [4.69, 9.17) is 14.2 Å². The molecule has 2 fully saturated rings. The van der Waals surface area contributed by atoms with Gasteiger partial charge in [0.05, 0.1) is 15.2 Å². The molecule has 1 saturated carbocycles. The Morgan fingerprint density at radius 1 is 1.12 bits per heavy atom. The second-order valence-electron chi connectivity index (χ2n) is 10.3. The van der Waals surface area contributed by atoms with Crippen molar-refractivity contribution < 1.29 is 32.2 Å². The molecule has 8 heteroatoms. The van der Waals surface area contributed by atoms with Crippen LogP contribution in [0.25, 0.3) is 0 Å². The summed E-state index contributed by atoms with van der Waals surface area (Å²) in [7, 11) is -3.95. The van der Waals surface area contributed by atoms with Gasteiger partial charge >= 0.3 is 5.97 Å². The van der Waals surface area contributed by atoms with E-state index >= 15 is 0 Å². The number of carbonyl (C=O) groups excluding carboxylic acids is 2. The standard InChI is InChI=1S/C25H30O7S/c1-14-10-12-15(13-11-14)33(28,29)17-9-7-8-16-18(17)19(26)21-22(32-25(5,6)31-21)20(16)30-23(27)24(2,3)4/h7-8,10-13,16,20-22H,9H2,1-6H3/t16-,20+,21-,22-/m0/s1. The highest BCUT2D eigenvalue weighted by atomic mass is 32.2. The van der Waals surface area contributed by atoms with E-state index in [1.807, 2.05) is 6.92 Å². The zero-order valence-corrected chi connectivity index (χ0v) is 20.6. The zero-order valence-electron chi connectivity index (χ0n) is 19.7. The zero-order chi connectivity index (χ0) is 24.3. The highest BCUT2D eigenvalue weighted by molar-refractivity contribution is 7.95. The number of Topliss-reactive ketones (excluding diaryl/α,β-unsaturated/α-hetero) is 1. The normalized spacial score (nSPS) is 29.0. The SMILES string of the molecule is Cc1ccc(S(=O)(=O)C2=C3C(=O)[C@@H]4OC(C)(C)O[C@H]4[C@H](OC(=O)C(C)(C)C)[C@H]3C=CC2)cc1. The van der Waals surface area contributed by atoms with Gasteiger partial charge in [0.25, 0.3) is 0 Å². The lowest BCUT2D eigenvalue weighted by molar-refractivity contribution is -0.179. The van der Waals surface area contributed by atoms with Crippen molar-refractivity contribution in [3.05, 3.63) is 52.5 Å². The van der Waals surface area contributed by atoms with Gasteiger partial charge in [-0.2, -0.15) is 0 Å². The van der Waals surface area contributed by atoms with Crippen molar-refractivity contribution in [1.82, 2.24) is 0 Å². The van der Waals surface area contributed by atoms with Crippen molar-refractivity contribution >= 4 is 21.6 Å². The Hall–Kier alpha value is -2.29. The minimum Gasteiger partial charge on any atom is -0.458 e. The fraction of sp³-hybridized carbons (Fsp3) is 0.520. The monoisotopic (exact) mass is 474 g/mol. The first kappa shape index (κ1) is 23.9. The molecule has 3 aliphatic rings. The van der Waals surface area contributed by atoms with Gasteiger partial charge in [-0.3, -0.25) is 9.59 Å². The number of hydrogen-bond acceptors (Lipinski definition) is 7. The van der Waals surface area contributed by atoms with Gasteiger partial charge in [-0.25, -0.2) is 8.42 Å². The number of carbonyl (C=O) groups is 2. The van der Waals surface area contributed by atoms with Crippen LogP contribution in [0.4, 0.5) is 0 Å². The van der Waals surface area contributed by atoms with Gasteiger partial charge in [-0.1, -0.05) is 29.8 Å². The van der Waals surface area contributed by atoms with Crippen LogP contribution in [0.15, 0.2) is 51.8 Å². The van der Waals surface area contributed by atoms with Gasteiger partial charge in [0, 0.05) is 17.9 Å². The van der Waals surface area contributed by atoms with E-state index in [9.17, 15) is 18.0 Å². The number of fused-ring (bicyclic) bond motifs is 2. The smallest absolute Gasteiger partial charge is 0.311 e. The molecular weight excluding hydrogens is 444 g/mol. The molecular formula is C25H30O7S. The molecule has 7 nitrogen and oxygen atoms in total. The fourth-order valence-corrected chi connectivity index (χ4v) is 6.05. The molecule has 1 aliphatic heterocycles. The van der Waals surface area contributed by atoms with E-state index in [-0.39, 0.29) is 21.8 Å². The van der Waals surface area contributed by atoms with Crippen LogP contribution >= 0.6 is 0 Å². The molecule has 178 valence electrons. The molecule has 0 bridgehead atoms. The molecule has 1 aromatic rings. The number of aryl methyl sites for hydroxylation is 1. The summed E-state index contributed by atoms with van der Waals surface area (Å²) in [4.78, 5) is 26.5. The molecule has 4 atom stereocenters. The number of rotatable bonds is 3. The Labute approximate surface area is 194 Å². The van der Waals surface area contributed by atoms with Crippen LogP contribution in [0, 0.1) is 18.3 Å². The van der Waals surface area contributed by atoms with Gasteiger partial charge in [-0.05, 0) is 53.7 Å². The number of ether oxygens (including phenoxy) is 3. The number of ketones is 1. The van der Waals surface area contributed by atoms with Crippen LogP contribution in [-0.4, -0.2) is 44.3 Å². The van der Waals surface area contributed by atoms with Gasteiger partial charge in [0.1, 0.15) is 12.2 Å². The first-order valence-corrected chi connectivity index (χ1v) is 12.5. The van der Waals surface area contributed by atoms with Crippen LogP contribution in [0.2, 0.25) is 0 Å². The fourth-order valence-electron chi connectivity index (χ4n) is 4.43. The van der Waals surface area contributed by atoms with E-state index in [1.165, 1.54) is 12.1 Å². The number of esters is 1. The largest absolute Gasteiger partial charge is 0.458 e. The summed E-state index contributed by atoms with van der Waals surface area (Å²) >= 11 is 0. The molecule has 1 aromatic carbocycles. The highest BCUT2D eigenvalue weighted by Crippen LogP contribution is 2.46. The predicted octanol–water partition coefficient (Wildman–Crippen LogP) is 3.66. The number of hydrogen-bond donors (Lipinski definition) is 0. The van der Waals surface area contributed by atoms with Gasteiger partial charge in [0.15, 0.2) is 17.7 Å². The number of benzene rings is 1. The summed E-state index contributed by atoms with van der Waals surface area (Å²) in [5.74, 6) is -2.72. The Balaban J connectivity index is 1.85. The van der Waals surface area contributed by atoms with Crippen LogP contribution in [0.5, 0.6) is 0 Å². The molecule has 1 saturated heterocycles. The lowest BCUT2D eigenvalue weighted by Crippen LogP contribution is -2.54. The molecule has 0 spiro atoms. The van der Waals surface area contributed by atoms with Gasteiger partial charge < -0.3 is 14.2 Å². The van der Waals surface area contributed by atoms with Gasteiger partial charge in [0.2, 0.25) is 9.84 Å². The van der Waals surface area contributed by atoms with Crippen molar-refractivity contribution in [2.45, 2.75) is 77.0 Å². The lowest BCUT2D eigenvalue weighted by atomic mass is 9.75. The average Bonchev–Trinajstić information content (AvgIpc) is 3.05. The summed E-state index contributed by atoms with van der Waals surface area (Å²) < 4.78 is 44.9. The Morgan fingerprint density at radius 2 is 1.76 bits per heavy atom. The minimum absolute atomic E-state index is 0.0208. The Kier molecular flexibility index (Phi) is 5.70. The van der Waals surface area contributed by atoms with Crippen molar-refractivity contribution in [1.29, 1.82) is 0 Å². The molecule has 33 heavy (non-hydrogen) atoms. The van der Waals surface area contributed by atoms with Crippen LogP contribution in [-0.2, 0) is 33.6 Å². The van der Waals surface area contributed by atoms with Gasteiger partial charge in [-0.15, -0.1) is 0 Å². The Bertz CT molecular complexity index is 1150. The first-order valence-electron chi connectivity index (χ1n) is 11.0. The average molecular weight is 475 g/mol. The molecule has 2 aliphatic carbocycles. The maximum atomic E-state index is 13.6. The summed E-state index contributed by atoms with van der Waals surface area (Å²) in [5, 5.41) is 0. The molecule has 4 rings (SSSR count). The predicted molar refractivity (Wildman–Crippen MR) is 121 cm³/mol. The Morgan fingerprint density at radius 3 is 2.36 bits per heavy atom. The summed E-state index contributed by atoms with van der Waals surface area (Å²) in [5.41, 5.74) is 0.259. The van der Waals surface area contributed by atoms with E-state index in [0.717, 1.165) is 5.56 Å².